The standard InChI is InChI=1S/C9H10O3/c1-3-8(10)5-7-4-6(2)12-9(7)11/h4H,2-3,5H2,1H3. The quantitative estimate of drug-likeness (QED) is 0.594. The van der Waals surface area contributed by atoms with Gasteiger partial charge in [-0.25, -0.2) is 4.79 Å². The first-order chi connectivity index (χ1) is 5.63. The van der Waals surface area contributed by atoms with Crippen LogP contribution in [0.2, 0.25) is 0 Å². The molecule has 64 valence electrons. The third-order valence-corrected chi connectivity index (χ3v) is 1.60. The van der Waals surface area contributed by atoms with Gasteiger partial charge >= 0.3 is 5.97 Å². The van der Waals surface area contributed by atoms with E-state index < -0.39 is 5.97 Å². The van der Waals surface area contributed by atoms with Gasteiger partial charge in [0.15, 0.2) is 0 Å². The molecule has 0 N–H and O–H groups in total. The smallest absolute Gasteiger partial charge is 0.339 e. The summed E-state index contributed by atoms with van der Waals surface area (Å²) >= 11 is 0. The van der Waals surface area contributed by atoms with Crippen molar-refractivity contribution in [1.82, 2.24) is 0 Å². The average Bonchev–Trinajstić information content (AvgIpc) is 2.30. The molecule has 0 aromatic rings. The highest BCUT2D eigenvalue weighted by molar-refractivity contribution is 5.98. The predicted octanol–water partition coefficient (Wildman–Crippen LogP) is 1.35. The van der Waals surface area contributed by atoms with Gasteiger partial charge in [0.25, 0.3) is 0 Å². The number of Topliss-reactive ketones (excluding diaryl/α,β-unsaturated/α-hetero) is 1. The molecule has 0 aliphatic carbocycles. The molecule has 0 aromatic heterocycles. The summed E-state index contributed by atoms with van der Waals surface area (Å²) in [5.41, 5.74) is 0.409. The van der Waals surface area contributed by atoms with Crippen LogP contribution in [0.5, 0.6) is 0 Å². The second-order valence-electron chi connectivity index (χ2n) is 2.59. The lowest BCUT2D eigenvalue weighted by Crippen LogP contribution is -2.04. The van der Waals surface area contributed by atoms with Gasteiger partial charge in [-0.2, -0.15) is 0 Å². The van der Waals surface area contributed by atoms with E-state index in [2.05, 4.69) is 11.3 Å². The molecule has 3 heteroatoms. The van der Waals surface area contributed by atoms with Crippen molar-refractivity contribution in [2.75, 3.05) is 0 Å². The lowest BCUT2D eigenvalue weighted by molar-refractivity contribution is -0.134. The fraction of sp³-hybridized carbons (Fsp3) is 0.333. The summed E-state index contributed by atoms with van der Waals surface area (Å²) in [5.74, 6) is -0.0893. The summed E-state index contributed by atoms with van der Waals surface area (Å²) in [7, 11) is 0. The maximum atomic E-state index is 10.9. The maximum absolute atomic E-state index is 10.9. The zero-order chi connectivity index (χ0) is 9.14. The molecule has 1 heterocycles. The number of ether oxygens (including phenoxy) is 1. The largest absolute Gasteiger partial charge is 0.424 e. The predicted molar refractivity (Wildman–Crippen MR) is 43.2 cm³/mol. The fourth-order valence-corrected chi connectivity index (χ4v) is 0.928. The second-order valence-corrected chi connectivity index (χ2v) is 2.59. The Morgan fingerprint density at radius 3 is 2.75 bits per heavy atom. The van der Waals surface area contributed by atoms with Crippen molar-refractivity contribution in [3.8, 4) is 0 Å². The Labute approximate surface area is 70.7 Å². The Kier molecular flexibility index (Phi) is 2.43. The number of esters is 1. The van der Waals surface area contributed by atoms with Gasteiger partial charge in [-0.05, 0) is 6.08 Å². The van der Waals surface area contributed by atoms with Crippen LogP contribution in [0.15, 0.2) is 24.0 Å². The normalized spacial score (nSPS) is 15.9. The molecule has 3 nitrogen and oxygen atoms in total. The van der Waals surface area contributed by atoms with E-state index in [1.807, 2.05) is 0 Å². The molecular weight excluding hydrogens is 156 g/mol. The molecule has 0 unspecified atom stereocenters. The zero-order valence-corrected chi connectivity index (χ0v) is 6.92. The Hall–Kier alpha value is -1.38. The minimum absolute atomic E-state index is 0.0351. The summed E-state index contributed by atoms with van der Waals surface area (Å²) in [4.78, 5) is 21.9. The minimum Gasteiger partial charge on any atom is -0.424 e. The van der Waals surface area contributed by atoms with E-state index in [9.17, 15) is 9.59 Å². The Morgan fingerprint density at radius 1 is 1.67 bits per heavy atom. The number of carbonyl (C=O) groups excluding carboxylic acids is 2. The molecule has 0 saturated heterocycles. The van der Waals surface area contributed by atoms with E-state index in [0.717, 1.165) is 0 Å². The third kappa shape index (κ3) is 1.81. The van der Waals surface area contributed by atoms with Crippen molar-refractivity contribution in [3.63, 3.8) is 0 Å². The van der Waals surface area contributed by atoms with E-state index in [-0.39, 0.29) is 12.2 Å². The fourth-order valence-electron chi connectivity index (χ4n) is 0.928. The van der Waals surface area contributed by atoms with Crippen molar-refractivity contribution in [2.45, 2.75) is 19.8 Å². The minimum atomic E-state index is -0.443. The molecule has 0 bridgehead atoms. The molecular formula is C9H10O3. The topological polar surface area (TPSA) is 43.4 Å². The highest BCUT2D eigenvalue weighted by atomic mass is 16.5. The number of hydrogen-bond donors (Lipinski definition) is 0. The lowest BCUT2D eigenvalue weighted by Gasteiger charge is -1.95. The number of cyclic esters (lactones) is 1. The van der Waals surface area contributed by atoms with Crippen LogP contribution in [-0.2, 0) is 14.3 Å². The number of hydrogen-bond acceptors (Lipinski definition) is 3. The van der Waals surface area contributed by atoms with Crippen molar-refractivity contribution in [2.24, 2.45) is 0 Å². The molecule has 12 heavy (non-hydrogen) atoms. The van der Waals surface area contributed by atoms with E-state index >= 15 is 0 Å². The van der Waals surface area contributed by atoms with Crippen LogP contribution in [0.3, 0.4) is 0 Å². The summed E-state index contributed by atoms with van der Waals surface area (Å²) in [6.07, 6.45) is 2.11. The summed E-state index contributed by atoms with van der Waals surface area (Å²) < 4.78 is 4.64. The van der Waals surface area contributed by atoms with Gasteiger partial charge in [-0.3, -0.25) is 4.79 Å². The van der Waals surface area contributed by atoms with Crippen LogP contribution >= 0.6 is 0 Å². The molecule has 1 rings (SSSR count). The summed E-state index contributed by atoms with van der Waals surface area (Å²) in [5, 5.41) is 0. The molecule has 0 aromatic carbocycles. The van der Waals surface area contributed by atoms with Gasteiger partial charge in [-0.15, -0.1) is 0 Å². The van der Waals surface area contributed by atoms with Gasteiger partial charge in [0.2, 0.25) is 0 Å². The Balaban J connectivity index is 2.64. The van der Waals surface area contributed by atoms with Crippen LogP contribution in [0, 0.1) is 0 Å². The molecule has 0 fully saturated rings. The van der Waals surface area contributed by atoms with Gasteiger partial charge < -0.3 is 4.74 Å². The Bertz CT molecular complexity index is 273. The molecule has 0 spiro atoms. The molecule has 0 amide bonds. The van der Waals surface area contributed by atoms with E-state index in [4.69, 9.17) is 0 Å². The molecule has 0 saturated carbocycles. The van der Waals surface area contributed by atoms with Gasteiger partial charge in [0, 0.05) is 18.4 Å². The van der Waals surface area contributed by atoms with E-state index in [1.54, 1.807) is 6.92 Å². The van der Waals surface area contributed by atoms with Gasteiger partial charge in [-0.1, -0.05) is 13.5 Å². The molecule has 1 aliphatic heterocycles. The van der Waals surface area contributed by atoms with Crippen molar-refractivity contribution >= 4 is 11.8 Å². The van der Waals surface area contributed by atoms with Crippen LogP contribution in [0.4, 0.5) is 0 Å². The van der Waals surface area contributed by atoms with Crippen LogP contribution < -0.4 is 0 Å². The average molecular weight is 166 g/mol. The van der Waals surface area contributed by atoms with Crippen LogP contribution in [0.1, 0.15) is 19.8 Å². The van der Waals surface area contributed by atoms with Crippen LogP contribution in [0.25, 0.3) is 0 Å². The lowest BCUT2D eigenvalue weighted by atomic mass is 10.1. The highest BCUT2D eigenvalue weighted by Crippen LogP contribution is 2.18. The number of rotatable bonds is 3. The van der Waals surface area contributed by atoms with Crippen molar-refractivity contribution in [1.29, 1.82) is 0 Å². The van der Waals surface area contributed by atoms with Crippen molar-refractivity contribution < 1.29 is 14.3 Å². The van der Waals surface area contributed by atoms with E-state index in [0.29, 0.717) is 17.8 Å². The van der Waals surface area contributed by atoms with E-state index in [1.165, 1.54) is 6.08 Å². The molecule has 0 radical (unpaired) electrons. The first-order valence-electron chi connectivity index (χ1n) is 3.77. The van der Waals surface area contributed by atoms with Gasteiger partial charge in [0.05, 0.1) is 0 Å². The monoisotopic (exact) mass is 166 g/mol. The molecule has 0 atom stereocenters. The Morgan fingerprint density at radius 2 is 2.33 bits per heavy atom. The SMILES string of the molecule is C=C1C=C(CC(=O)CC)C(=O)O1. The second kappa shape index (κ2) is 3.34. The van der Waals surface area contributed by atoms with Gasteiger partial charge in [0.1, 0.15) is 11.5 Å². The maximum Gasteiger partial charge on any atom is 0.339 e. The molecule has 1 aliphatic rings. The number of carbonyl (C=O) groups is 2. The summed E-state index contributed by atoms with van der Waals surface area (Å²) in [6, 6.07) is 0. The summed E-state index contributed by atoms with van der Waals surface area (Å²) in [6.45, 7) is 5.22. The first-order valence-corrected chi connectivity index (χ1v) is 3.77. The third-order valence-electron chi connectivity index (χ3n) is 1.60. The number of ketones is 1. The van der Waals surface area contributed by atoms with Crippen LogP contribution in [-0.4, -0.2) is 11.8 Å². The first kappa shape index (κ1) is 8.71. The highest BCUT2D eigenvalue weighted by Gasteiger charge is 2.21. The number of allylic oxidation sites excluding steroid dienone is 1. The zero-order valence-electron chi connectivity index (χ0n) is 6.92. The van der Waals surface area contributed by atoms with Crippen molar-refractivity contribution in [3.05, 3.63) is 24.0 Å².